The van der Waals surface area contributed by atoms with Crippen LogP contribution in [-0.2, 0) is 0 Å². The van der Waals surface area contributed by atoms with Crippen LogP contribution in [0.15, 0.2) is 61.2 Å². The van der Waals surface area contributed by atoms with Crippen molar-refractivity contribution >= 4 is 17.4 Å². The average Bonchev–Trinajstić information content (AvgIpc) is 2.96. The molecule has 0 saturated carbocycles. The molecule has 21 heavy (non-hydrogen) atoms. The van der Waals surface area contributed by atoms with E-state index in [-0.39, 0.29) is 5.82 Å². The first-order chi connectivity index (χ1) is 10.2. The molecule has 0 saturated heterocycles. The minimum Gasteiger partial charge on any atom is -0.206 e. The van der Waals surface area contributed by atoms with E-state index in [0.717, 1.165) is 20.9 Å². The minimum atomic E-state index is -0.189. The van der Waals surface area contributed by atoms with E-state index in [1.54, 1.807) is 23.5 Å². The lowest BCUT2D eigenvalue weighted by Crippen LogP contribution is -1.85. The van der Waals surface area contributed by atoms with E-state index in [2.05, 4.69) is 6.58 Å². The summed E-state index contributed by atoms with van der Waals surface area (Å²) in [7, 11) is 0. The summed E-state index contributed by atoms with van der Waals surface area (Å²) in [6.45, 7) is 5.78. The second-order valence-electron chi connectivity index (χ2n) is 4.97. The SMILES string of the molecule is C=Cc1ccc(-c2ccc(-c3ccc(C)cc3)cc2F)s1. The summed E-state index contributed by atoms with van der Waals surface area (Å²) in [4.78, 5) is 1.98. The van der Waals surface area contributed by atoms with E-state index in [4.69, 9.17) is 0 Å². The van der Waals surface area contributed by atoms with E-state index in [9.17, 15) is 4.39 Å². The Bertz CT molecular complexity index is 782. The second kappa shape index (κ2) is 5.66. The summed E-state index contributed by atoms with van der Waals surface area (Å²) in [5.74, 6) is -0.189. The quantitative estimate of drug-likeness (QED) is 0.541. The van der Waals surface area contributed by atoms with E-state index in [0.29, 0.717) is 5.56 Å². The molecule has 0 nitrogen and oxygen atoms in total. The van der Waals surface area contributed by atoms with Crippen LogP contribution in [0.2, 0.25) is 0 Å². The molecule has 0 aliphatic heterocycles. The Morgan fingerprint density at radius 3 is 2.29 bits per heavy atom. The maximum atomic E-state index is 14.4. The van der Waals surface area contributed by atoms with Gasteiger partial charge in [0.15, 0.2) is 0 Å². The monoisotopic (exact) mass is 294 g/mol. The van der Waals surface area contributed by atoms with Gasteiger partial charge in [0.05, 0.1) is 0 Å². The zero-order valence-electron chi connectivity index (χ0n) is 11.8. The van der Waals surface area contributed by atoms with Gasteiger partial charge in [-0.05, 0) is 42.3 Å². The van der Waals surface area contributed by atoms with Gasteiger partial charge in [-0.25, -0.2) is 4.39 Å². The molecule has 0 aliphatic rings. The van der Waals surface area contributed by atoms with Crippen LogP contribution in [0.3, 0.4) is 0 Å². The highest BCUT2D eigenvalue weighted by Crippen LogP contribution is 2.33. The molecule has 0 unspecified atom stereocenters. The largest absolute Gasteiger partial charge is 0.206 e. The number of hydrogen-bond donors (Lipinski definition) is 0. The van der Waals surface area contributed by atoms with E-state index in [1.165, 1.54) is 5.56 Å². The molecule has 1 heterocycles. The summed E-state index contributed by atoms with van der Waals surface area (Å²) in [5.41, 5.74) is 3.77. The van der Waals surface area contributed by atoms with Gasteiger partial charge in [-0.1, -0.05) is 48.6 Å². The van der Waals surface area contributed by atoms with Gasteiger partial charge >= 0.3 is 0 Å². The van der Waals surface area contributed by atoms with Gasteiger partial charge in [-0.15, -0.1) is 11.3 Å². The van der Waals surface area contributed by atoms with Crippen LogP contribution in [0, 0.1) is 12.7 Å². The molecule has 0 bridgehead atoms. The molecule has 0 N–H and O–H groups in total. The van der Waals surface area contributed by atoms with Crippen LogP contribution >= 0.6 is 11.3 Å². The van der Waals surface area contributed by atoms with Gasteiger partial charge in [-0.3, -0.25) is 0 Å². The van der Waals surface area contributed by atoms with E-state index >= 15 is 0 Å². The van der Waals surface area contributed by atoms with Crippen LogP contribution in [0.25, 0.3) is 27.6 Å². The topological polar surface area (TPSA) is 0 Å². The second-order valence-corrected chi connectivity index (χ2v) is 6.08. The normalized spacial score (nSPS) is 10.6. The number of thiophene rings is 1. The van der Waals surface area contributed by atoms with Crippen molar-refractivity contribution in [2.75, 3.05) is 0 Å². The lowest BCUT2D eigenvalue weighted by Gasteiger charge is -2.06. The highest BCUT2D eigenvalue weighted by molar-refractivity contribution is 7.16. The van der Waals surface area contributed by atoms with Crippen LogP contribution < -0.4 is 0 Å². The third kappa shape index (κ3) is 2.81. The van der Waals surface area contributed by atoms with Gasteiger partial charge in [-0.2, -0.15) is 0 Å². The molecule has 2 aromatic carbocycles. The first kappa shape index (κ1) is 13.8. The third-order valence-corrected chi connectivity index (χ3v) is 4.56. The predicted octanol–water partition coefficient (Wildman–Crippen LogP) is 6.17. The Balaban J connectivity index is 1.99. The number of aryl methyl sites for hydroxylation is 1. The van der Waals surface area contributed by atoms with Gasteiger partial charge in [0, 0.05) is 15.3 Å². The van der Waals surface area contributed by atoms with Crippen LogP contribution in [0.1, 0.15) is 10.4 Å². The summed E-state index contributed by atoms with van der Waals surface area (Å²) in [5, 5.41) is 0. The zero-order valence-corrected chi connectivity index (χ0v) is 12.6. The minimum absolute atomic E-state index is 0.189. The van der Waals surface area contributed by atoms with Crippen LogP contribution in [0.5, 0.6) is 0 Å². The lowest BCUT2D eigenvalue weighted by molar-refractivity contribution is 0.632. The number of rotatable bonds is 3. The molecule has 3 rings (SSSR count). The van der Waals surface area contributed by atoms with Gasteiger partial charge < -0.3 is 0 Å². The highest BCUT2D eigenvalue weighted by Gasteiger charge is 2.09. The summed E-state index contributed by atoms with van der Waals surface area (Å²) >= 11 is 1.55. The van der Waals surface area contributed by atoms with Crippen molar-refractivity contribution in [2.45, 2.75) is 6.92 Å². The van der Waals surface area contributed by atoms with E-state index in [1.807, 2.05) is 55.5 Å². The molecule has 0 fully saturated rings. The molecule has 0 aliphatic carbocycles. The molecule has 104 valence electrons. The first-order valence-corrected chi connectivity index (χ1v) is 7.58. The highest BCUT2D eigenvalue weighted by atomic mass is 32.1. The molecule has 3 aromatic rings. The molecule has 2 heteroatoms. The molecule has 0 spiro atoms. The molecule has 0 atom stereocenters. The predicted molar refractivity (Wildman–Crippen MR) is 90.0 cm³/mol. The van der Waals surface area contributed by atoms with E-state index < -0.39 is 0 Å². The van der Waals surface area contributed by atoms with Crippen LogP contribution in [0.4, 0.5) is 4.39 Å². The maximum absolute atomic E-state index is 14.4. The van der Waals surface area contributed by atoms with Crippen molar-refractivity contribution in [2.24, 2.45) is 0 Å². The van der Waals surface area contributed by atoms with Gasteiger partial charge in [0.2, 0.25) is 0 Å². The average molecular weight is 294 g/mol. The fraction of sp³-hybridized carbons (Fsp3) is 0.0526. The maximum Gasteiger partial charge on any atom is 0.132 e. The van der Waals surface area contributed by atoms with Crippen molar-refractivity contribution in [3.63, 3.8) is 0 Å². The number of hydrogen-bond acceptors (Lipinski definition) is 1. The number of benzene rings is 2. The molecular weight excluding hydrogens is 279 g/mol. The fourth-order valence-corrected chi connectivity index (χ4v) is 3.13. The van der Waals surface area contributed by atoms with Crippen molar-refractivity contribution in [3.05, 3.63) is 77.4 Å². The van der Waals surface area contributed by atoms with Crippen molar-refractivity contribution in [3.8, 4) is 21.6 Å². The molecule has 0 amide bonds. The fourth-order valence-electron chi connectivity index (χ4n) is 2.25. The van der Waals surface area contributed by atoms with Gasteiger partial charge in [0.1, 0.15) is 5.82 Å². The standard InChI is InChI=1S/C19H15FS/c1-3-16-9-11-19(21-16)17-10-8-15(12-18(17)20)14-6-4-13(2)5-7-14/h3-12H,1H2,2H3. The Morgan fingerprint density at radius 2 is 1.67 bits per heavy atom. The summed E-state index contributed by atoms with van der Waals surface area (Å²) in [6.07, 6.45) is 1.78. The Labute approximate surface area is 128 Å². The summed E-state index contributed by atoms with van der Waals surface area (Å²) < 4.78 is 14.4. The zero-order chi connectivity index (χ0) is 14.8. The number of halogens is 1. The molecule has 1 aromatic heterocycles. The molecular formula is C19H15FS. The third-order valence-electron chi connectivity index (χ3n) is 3.45. The van der Waals surface area contributed by atoms with Gasteiger partial charge in [0.25, 0.3) is 0 Å². The first-order valence-electron chi connectivity index (χ1n) is 6.76. The Kier molecular flexibility index (Phi) is 3.72. The van der Waals surface area contributed by atoms with Crippen molar-refractivity contribution < 1.29 is 4.39 Å². The molecule has 0 radical (unpaired) electrons. The van der Waals surface area contributed by atoms with Crippen molar-refractivity contribution in [1.82, 2.24) is 0 Å². The summed E-state index contributed by atoms with van der Waals surface area (Å²) in [6, 6.07) is 17.4. The van der Waals surface area contributed by atoms with Crippen molar-refractivity contribution in [1.29, 1.82) is 0 Å². The Hall–Kier alpha value is -2.19. The lowest BCUT2D eigenvalue weighted by atomic mass is 10.0. The van der Waals surface area contributed by atoms with Crippen LogP contribution in [-0.4, -0.2) is 0 Å². The Morgan fingerprint density at radius 1 is 0.952 bits per heavy atom. The smallest absolute Gasteiger partial charge is 0.132 e.